The van der Waals surface area contributed by atoms with Gasteiger partial charge in [0.25, 0.3) is 0 Å². The Morgan fingerprint density at radius 3 is 2.72 bits per heavy atom. The third-order valence-corrected chi connectivity index (χ3v) is 3.47. The Kier molecular flexibility index (Phi) is 2.63. The quantitative estimate of drug-likeness (QED) is 0.603. The summed E-state index contributed by atoms with van der Waals surface area (Å²) >= 11 is 0. The van der Waals surface area contributed by atoms with Gasteiger partial charge in [-0.15, -0.1) is 0 Å². The van der Waals surface area contributed by atoms with Crippen molar-refractivity contribution < 1.29 is 8.78 Å². The molecule has 2 aromatic rings. The molecule has 1 aliphatic rings. The van der Waals surface area contributed by atoms with Crippen molar-refractivity contribution in [1.82, 2.24) is 4.98 Å². The molecular formula is C13H13F2N3. The fourth-order valence-electron chi connectivity index (χ4n) is 2.60. The number of aromatic nitrogens is 1. The first-order chi connectivity index (χ1) is 8.72. The molecule has 0 bridgehead atoms. The Hall–Kier alpha value is -1.75. The minimum absolute atomic E-state index is 0.0589. The number of fused-ring (bicyclic) bond motifs is 2. The Balaban J connectivity index is 2.40. The van der Waals surface area contributed by atoms with E-state index in [4.69, 9.17) is 5.84 Å². The van der Waals surface area contributed by atoms with Crippen molar-refractivity contribution in [3.05, 3.63) is 35.0 Å². The number of anilines is 1. The summed E-state index contributed by atoms with van der Waals surface area (Å²) in [6.45, 7) is 0. The number of pyridine rings is 1. The predicted molar refractivity (Wildman–Crippen MR) is 66.1 cm³/mol. The van der Waals surface area contributed by atoms with Crippen molar-refractivity contribution in [1.29, 1.82) is 0 Å². The van der Waals surface area contributed by atoms with Crippen LogP contribution in [0.25, 0.3) is 10.9 Å². The summed E-state index contributed by atoms with van der Waals surface area (Å²) in [5, 5.41) is 0.539. The molecule has 1 aromatic carbocycles. The highest BCUT2D eigenvalue weighted by molar-refractivity contribution is 5.93. The van der Waals surface area contributed by atoms with Gasteiger partial charge < -0.3 is 5.43 Å². The summed E-state index contributed by atoms with van der Waals surface area (Å²) < 4.78 is 27.0. The molecule has 0 saturated carbocycles. The summed E-state index contributed by atoms with van der Waals surface area (Å²) in [4.78, 5) is 4.27. The van der Waals surface area contributed by atoms with E-state index in [1.807, 2.05) is 0 Å². The number of hydrogen-bond donors (Lipinski definition) is 2. The zero-order valence-electron chi connectivity index (χ0n) is 9.76. The van der Waals surface area contributed by atoms with E-state index in [0.717, 1.165) is 43.0 Å². The number of nitrogens with two attached hydrogens (primary N) is 1. The van der Waals surface area contributed by atoms with Gasteiger partial charge in [0.2, 0.25) is 0 Å². The monoisotopic (exact) mass is 249 g/mol. The molecule has 1 aromatic heterocycles. The highest BCUT2D eigenvalue weighted by Crippen LogP contribution is 2.34. The van der Waals surface area contributed by atoms with Crippen molar-refractivity contribution in [3.63, 3.8) is 0 Å². The number of rotatable bonds is 1. The molecule has 0 radical (unpaired) electrons. The van der Waals surface area contributed by atoms with Crippen LogP contribution in [-0.4, -0.2) is 4.98 Å². The van der Waals surface area contributed by atoms with Gasteiger partial charge in [0, 0.05) is 11.1 Å². The van der Waals surface area contributed by atoms with Crippen molar-refractivity contribution in [2.75, 3.05) is 5.43 Å². The first kappa shape index (κ1) is 11.3. The molecule has 0 unspecified atom stereocenters. The van der Waals surface area contributed by atoms with Crippen LogP contribution in [-0.2, 0) is 12.8 Å². The minimum Gasteiger partial charge on any atom is -0.323 e. The van der Waals surface area contributed by atoms with Crippen LogP contribution in [0.5, 0.6) is 0 Å². The van der Waals surface area contributed by atoms with Gasteiger partial charge in [0.15, 0.2) is 11.6 Å². The fraction of sp³-hybridized carbons (Fsp3) is 0.308. The standard InChI is InChI=1S/C13H13F2N3/c14-9-6-5-8-12(18-16)7-3-1-2-4-10(7)17-13(8)11(9)15/h5-6H,1-4,16H2,(H,17,18). The lowest BCUT2D eigenvalue weighted by atomic mass is 9.93. The maximum atomic E-state index is 13.8. The van der Waals surface area contributed by atoms with Crippen LogP contribution < -0.4 is 11.3 Å². The Morgan fingerprint density at radius 2 is 1.94 bits per heavy atom. The molecule has 94 valence electrons. The summed E-state index contributed by atoms with van der Waals surface area (Å²) in [6.07, 6.45) is 3.75. The molecule has 3 rings (SSSR count). The van der Waals surface area contributed by atoms with Crippen molar-refractivity contribution in [3.8, 4) is 0 Å². The zero-order valence-corrected chi connectivity index (χ0v) is 9.76. The molecule has 18 heavy (non-hydrogen) atoms. The molecular weight excluding hydrogens is 236 g/mol. The number of hydrogen-bond acceptors (Lipinski definition) is 3. The van der Waals surface area contributed by atoms with Gasteiger partial charge in [0.1, 0.15) is 5.52 Å². The van der Waals surface area contributed by atoms with E-state index in [0.29, 0.717) is 11.1 Å². The van der Waals surface area contributed by atoms with E-state index >= 15 is 0 Å². The highest BCUT2D eigenvalue weighted by atomic mass is 19.2. The first-order valence-corrected chi connectivity index (χ1v) is 5.98. The maximum absolute atomic E-state index is 13.8. The van der Waals surface area contributed by atoms with Gasteiger partial charge in [-0.1, -0.05) is 0 Å². The summed E-state index contributed by atoms with van der Waals surface area (Å²) in [6, 6.07) is 2.63. The van der Waals surface area contributed by atoms with Gasteiger partial charge in [-0.05, 0) is 43.4 Å². The lowest BCUT2D eigenvalue weighted by molar-refractivity contribution is 0.515. The molecule has 1 aliphatic carbocycles. The molecule has 0 saturated heterocycles. The number of halogens is 2. The van der Waals surface area contributed by atoms with E-state index in [-0.39, 0.29) is 5.52 Å². The van der Waals surface area contributed by atoms with Crippen LogP contribution in [0.4, 0.5) is 14.5 Å². The van der Waals surface area contributed by atoms with E-state index in [9.17, 15) is 8.78 Å². The largest absolute Gasteiger partial charge is 0.323 e. The molecule has 3 nitrogen and oxygen atoms in total. The van der Waals surface area contributed by atoms with Gasteiger partial charge in [-0.2, -0.15) is 0 Å². The molecule has 0 atom stereocenters. The second kappa shape index (κ2) is 4.17. The van der Waals surface area contributed by atoms with Crippen LogP contribution >= 0.6 is 0 Å². The fourth-order valence-corrected chi connectivity index (χ4v) is 2.60. The number of nitrogens with zero attached hydrogens (tertiary/aromatic N) is 1. The van der Waals surface area contributed by atoms with Crippen LogP contribution in [0.15, 0.2) is 12.1 Å². The van der Waals surface area contributed by atoms with Crippen molar-refractivity contribution in [2.24, 2.45) is 5.84 Å². The van der Waals surface area contributed by atoms with E-state index < -0.39 is 11.6 Å². The van der Waals surface area contributed by atoms with Crippen molar-refractivity contribution >= 4 is 16.6 Å². The Morgan fingerprint density at radius 1 is 1.17 bits per heavy atom. The van der Waals surface area contributed by atoms with E-state index in [2.05, 4.69) is 10.4 Å². The van der Waals surface area contributed by atoms with E-state index in [1.54, 1.807) is 0 Å². The molecule has 0 fully saturated rings. The number of nitrogen functional groups attached to an aromatic ring is 1. The van der Waals surface area contributed by atoms with Crippen LogP contribution in [0, 0.1) is 11.6 Å². The third-order valence-electron chi connectivity index (χ3n) is 3.47. The van der Waals surface area contributed by atoms with Gasteiger partial charge in [-0.25, -0.2) is 13.8 Å². The average Bonchev–Trinajstić information content (AvgIpc) is 2.41. The third kappa shape index (κ3) is 1.54. The predicted octanol–water partition coefficient (Wildman–Crippen LogP) is 2.68. The number of hydrazine groups is 1. The van der Waals surface area contributed by atoms with Crippen LogP contribution in [0.1, 0.15) is 24.1 Å². The molecule has 0 amide bonds. The van der Waals surface area contributed by atoms with Gasteiger partial charge in [-0.3, -0.25) is 5.84 Å². The Labute approximate surface area is 103 Å². The summed E-state index contributed by atoms with van der Waals surface area (Å²) in [5.74, 6) is 3.75. The maximum Gasteiger partial charge on any atom is 0.185 e. The van der Waals surface area contributed by atoms with Gasteiger partial charge >= 0.3 is 0 Å². The number of aryl methyl sites for hydroxylation is 1. The average molecular weight is 249 g/mol. The molecule has 0 spiro atoms. The Bertz CT molecular complexity index is 625. The lowest BCUT2D eigenvalue weighted by Gasteiger charge is -2.20. The first-order valence-electron chi connectivity index (χ1n) is 5.98. The second-order valence-corrected chi connectivity index (χ2v) is 4.52. The molecule has 3 N–H and O–H groups in total. The topological polar surface area (TPSA) is 50.9 Å². The van der Waals surface area contributed by atoms with Crippen molar-refractivity contribution in [2.45, 2.75) is 25.7 Å². The second-order valence-electron chi connectivity index (χ2n) is 4.52. The SMILES string of the molecule is NNc1c2c(nc3c(F)c(F)ccc13)CCCC2. The molecule has 1 heterocycles. The van der Waals surface area contributed by atoms with Gasteiger partial charge in [0.05, 0.1) is 5.69 Å². The lowest BCUT2D eigenvalue weighted by Crippen LogP contribution is -2.15. The van der Waals surface area contributed by atoms with Crippen LogP contribution in [0.3, 0.4) is 0 Å². The van der Waals surface area contributed by atoms with E-state index in [1.165, 1.54) is 6.07 Å². The normalized spacial score (nSPS) is 14.6. The number of nitrogens with one attached hydrogen (secondary N) is 1. The number of benzene rings is 1. The summed E-state index contributed by atoms with van der Waals surface area (Å²) in [7, 11) is 0. The highest BCUT2D eigenvalue weighted by Gasteiger charge is 2.20. The minimum atomic E-state index is -0.905. The van der Waals surface area contributed by atoms with Crippen LogP contribution in [0.2, 0.25) is 0 Å². The zero-order chi connectivity index (χ0) is 12.7. The molecule has 0 aliphatic heterocycles. The molecule has 5 heteroatoms. The summed E-state index contributed by atoms with van der Waals surface area (Å²) in [5.41, 5.74) is 5.20. The smallest absolute Gasteiger partial charge is 0.185 e.